The average molecular weight is 466 g/mol. The molecule has 0 aliphatic rings. The summed E-state index contributed by atoms with van der Waals surface area (Å²) in [6, 6.07) is 15.8. The van der Waals surface area contributed by atoms with Gasteiger partial charge in [-0.1, -0.05) is 0 Å². The van der Waals surface area contributed by atoms with Crippen LogP contribution < -0.4 is 8.79 Å². The van der Waals surface area contributed by atoms with Crippen molar-refractivity contribution < 1.29 is 9.59 Å². The fourth-order valence-electron chi connectivity index (χ4n) is 3.67. The van der Waals surface area contributed by atoms with E-state index in [1.165, 1.54) is 32.1 Å². The van der Waals surface area contributed by atoms with E-state index in [9.17, 15) is 9.59 Å². The van der Waals surface area contributed by atoms with Gasteiger partial charge in [0.1, 0.15) is 0 Å². The van der Waals surface area contributed by atoms with Crippen molar-refractivity contribution in [2.24, 2.45) is 0 Å². The fourth-order valence-corrected chi connectivity index (χ4v) is 15.0. The Kier molecular flexibility index (Phi) is 8.59. The SMILES string of the molecule is CCC[CH2][Ge]([CH2]CCC)([c]1ccc(C(=O)Cl)cc1)[c]1ccc(C(=O)Cl)cc1. The molecule has 0 atom stereocenters. The van der Waals surface area contributed by atoms with Gasteiger partial charge in [-0.2, -0.15) is 0 Å². The van der Waals surface area contributed by atoms with E-state index in [-0.39, 0.29) is 0 Å². The number of carbonyl (C=O) groups is 2. The molecule has 0 aromatic heterocycles. The summed E-state index contributed by atoms with van der Waals surface area (Å²) >= 11 is 8.60. The first kappa shape index (κ1) is 22.2. The van der Waals surface area contributed by atoms with E-state index in [2.05, 4.69) is 38.1 Å². The second-order valence-electron chi connectivity index (χ2n) is 6.99. The van der Waals surface area contributed by atoms with Gasteiger partial charge in [0.25, 0.3) is 0 Å². The predicted molar refractivity (Wildman–Crippen MR) is 118 cm³/mol. The molecule has 0 aliphatic heterocycles. The molecule has 2 aromatic carbocycles. The summed E-state index contributed by atoms with van der Waals surface area (Å²) in [4.78, 5) is 22.9. The minimum atomic E-state index is -2.66. The van der Waals surface area contributed by atoms with Gasteiger partial charge in [0.05, 0.1) is 0 Å². The molecule has 0 amide bonds. The van der Waals surface area contributed by atoms with Crippen LogP contribution in [0.4, 0.5) is 0 Å². The van der Waals surface area contributed by atoms with Gasteiger partial charge in [-0.15, -0.1) is 0 Å². The number of benzene rings is 2. The van der Waals surface area contributed by atoms with Crippen LogP contribution in [0.25, 0.3) is 0 Å². The van der Waals surface area contributed by atoms with Gasteiger partial charge >= 0.3 is 175 Å². The van der Waals surface area contributed by atoms with Crippen molar-refractivity contribution in [2.45, 2.75) is 50.0 Å². The second-order valence-corrected chi connectivity index (χ2v) is 16.7. The van der Waals surface area contributed by atoms with Crippen LogP contribution in [0.1, 0.15) is 60.2 Å². The molecule has 0 saturated carbocycles. The Morgan fingerprint density at radius 3 is 1.30 bits per heavy atom. The van der Waals surface area contributed by atoms with Gasteiger partial charge in [0.2, 0.25) is 0 Å². The Bertz CT molecular complexity index is 702. The number of halogens is 2. The Morgan fingerprint density at radius 2 is 1.04 bits per heavy atom. The number of unbranched alkanes of at least 4 members (excludes halogenated alkanes) is 2. The molecule has 0 bridgehead atoms. The molecule has 144 valence electrons. The van der Waals surface area contributed by atoms with Crippen molar-refractivity contribution in [1.29, 1.82) is 0 Å². The van der Waals surface area contributed by atoms with Crippen LogP contribution in [0.2, 0.25) is 10.5 Å². The van der Waals surface area contributed by atoms with Crippen molar-refractivity contribution >= 4 is 55.7 Å². The van der Waals surface area contributed by atoms with Crippen molar-refractivity contribution in [3.05, 3.63) is 59.7 Å². The first-order chi connectivity index (χ1) is 12.9. The van der Waals surface area contributed by atoms with Crippen LogP contribution in [0.5, 0.6) is 0 Å². The summed E-state index contributed by atoms with van der Waals surface area (Å²) in [7, 11) is 0. The molecule has 0 spiro atoms. The molecule has 0 saturated heterocycles. The van der Waals surface area contributed by atoms with Crippen LogP contribution in [0, 0.1) is 0 Å². The zero-order valence-corrected chi connectivity index (χ0v) is 19.5. The van der Waals surface area contributed by atoms with E-state index < -0.39 is 23.8 Å². The quantitative estimate of drug-likeness (QED) is 0.337. The van der Waals surface area contributed by atoms with E-state index in [0.717, 1.165) is 12.8 Å². The van der Waals surface area contributed by atoms with Gasteiger partial charge in [-0.3, -0.25) is 0 Å². The molecule has 27 heavy (non-hydrogen) atoms. The molecular formula is C22H26Cl2GeO2. The Balaban J connectivity index is 2.56. The predicted octanol–water partition coefficient (Wildman–Crippen LogP) is 5.61. The molecular weight excluding hydrogens is 440 g/mol. The molecule has 0 radical (unpaired) electrons. The molecule has 2 aromatic rings. The number of hydrogen-bond acceptors (Lipinski definition) is 2. The van der Waals surface area contributed by atoms with E-state index in [4.69, 9.17) is 23.2 Å². The van der Waals surface area contributed by atoms with Crippen LogP contribution >= 0.6 is 23.2 Å². The summed E-state index contributed by atoms with van der Waals surface area (Å²) < 4.78 is 2.73. The van der Waals surface area contributed by atoms with Crippen molar-refractivity contribution in [2.75, 3.05) is 0 Å². The zero-order chi connectivity index (χ0) is 19.9. The van der Waals surface area contributed by atoms with Crippen LogP contribution in [-0.4, -0.2) is 23.8 Å². The van der Waals surface area contributed by atoms with Gasteiger partial charge in [-0.05, 0) is 0 Å². The van der Waals surface area contributed by atoms with Crippen LogP contribution in [0.3, 0.4) is 0 Å². The standard InChI is InChI=1S/C22H26Cl2GeO2/c1-3-5-15-25(16-6-4-2,19-11-7-17(8-12-19)21(23)26)20-13-9-18(10-14-20)22(24)27/h7-14H,3-6,15-16H2,1-2H3. The van der Waals surface area contributed by atoms with Gasteiger partial charge in [-0.25, -0.2) is 0 Å². The third-order valence-corrected chi connectivity index (χ3v) is 16.8. The second kappa shape index (κ2) is 10.4. The summed E-state index contributed by atoms with van der Waals surface area (Å²) in [5.41, 5.74) is 1.07. The zero-order valence-electron chi connectivity index (χ0n) is 15.9. The molecule has 2 nitrogen and oxygen atoms in total. The first-order valence-electron chi connectivity index (χ1n) is 9.55. The van der Waals surface area contributed by atoms with Crippen molar-refractivity contribution in [1.82, 2.24) is 0 Å². The Labute approximate surface area is 174 Å². The van der Waals surface area contributed by atoms with Crippen molar-refractivity contribution in [3.8, 4) is 0 Å². The number of carbonyl (C=O) groups excluding carboxylic acids is 2. The summed E-state index contributed by atoms with van der Waals surface area (Å²) in [6.45, 7) is 4.44. The van der Waals surface area contributed by atoms with Crippen LogP contribution in [-0.2, 0) is 0 Å². The normalized spacial score (nSPS) is 11.4. The molecule has 0 heterocycles. The maximum atomic E-state index is 11.5. The molecule has 5 heteroatoms. The third-order valence-electron chi connectivity index (χ3n) is 5.24. The monoisotopic (exact) mass is 466 g/mol. The molecule has 0 aliphatic carbocycles. The van der Waals surface area contributed by atoms with Crippen molar-refractivity contribution in [3.63, 3.8) is 0 Å². The number of rotatable bonds is 10. The van der Waals surface area contributed by atoms with E-state index >= 15 is 0 Å². The van der Waals surface area contributed by atoms with E-state index in [1.54, 1.807) is 0 Å². The first-order valence-corrected chi connectivity index (χ1v) is 15.4. The van der Waals surface area contributed by atoms with Crippen LogP contribution in [0.15, 0.2) is 48.5 Å². The topological polar surface area (TPSA) is 34.1 Å². The van der Waals surface area contributed by atoms with Gasteiger partial charge in [0, 0.05) is 0 Å². The minimum absolute atomic E-state index is 0.424. The van der Waals surface area contributed by atoms with E-state index in [0.29, 0.717) is 11.1 Å². The summed E-state index contributed by atoms with van der Waals surface area (Å²) in [6.07, 6.45) is 4.65. The molecule has 0 N–H and O–H groups in total. The van der Waals surface area contributed by atoms with Gasteiger partial charge in [0.15, 0.2) is 0 Å². The maximum absolute atomic E-state index is 11.5. The Morgan fingerprint density at radius 1 is 0.704 bits per heavy atom. The fraction of sp³-hybridized carbons (Fsp3) is 0.364. The molecule has 0 unspecified atom stereocenters. The van der Waals surface area contributed by atoms with E-state index in [1.807, 2.05) is 24.3 Å². The third kappa shape index (κ3) is 5.46. The van der Waals surface area contributed by atoms with Gasteiger partial charge < -0.3 is 0 Å². The average Bonchev–Trinajstić information content (AvgIpc) is 2.69. The molecule has 2 rings (SSSR count). The summed E-state index contributed by atoms with van der Waals surface area (Å²) in [5.74, 6) is 0. The summed E-state index contributed by atoms with van der Waals surface area (Å²) in [5, 5.41) is 1.54. The number of hydrogen-bond donors (Lipinski definition) is 0. The molecule has 0 fully saturated rings. The Hall–Kier alpha value is -1.10.